The average Bonchev–Trinajstić information content (AvgIpc) is 1.97. The van der Waals surface area contributed by atoms with Crippen LogP contribution in [0.1, 0.15) is 6.92 Å². The molecule has 0 aliphatic carbocycles. The van der Waals surface area contributed by atoms with Gasteiger partial charge in [-0.05, 0) is 12.5 Å². The van der Waals surface area contributed by atoms with Crippen LogP contribution in [0.5, 0.6) is 0 Å². The van der Waals surface area contributed by atoms with Crippen LogP contribution in [-0.2, 0) is 9.53 Å². The lowest BCUT2D eigenvalue weighted by Crippen LogP contribution is -2.32. The predicted octanol–water partition coefficient (Wildman–Crippen LogP) is 1.17. The lowest BCUT2D eigenvalue weighted by Gasteiger charge is -2.19. The summed E-state index contributed by atoms with van der Waals surface area (Å²) in [6.45, 7) is 1.68. The van der Waals surface area contributed by atoms with E-state index in [9.17, 15) is 4.79 Å². The van der Waals surface area contributed by atoms with E-state index in [2.05, 4.69) is 10.0 Å². The Morgan fingerprint density at radius 3 is 3.09 bits per heavy atom. The van der Waals surface area contributed by atoms with Gasteiger partial charge in [-0.25, -0.2) is 0 Å². The topological polar surface area (TPSA) is 75.1 Å². The third kappa shape index (κ3) is 1.50. The highest BCUT2D eigenvalue weighted by Crippen LogP contribution is 2.11. The highest BCUT2D eigenvalue weighted by atomic mass is 16.5. The van der Waals surface area contributed by atoms with Crippen molar-refractivity contribution in [3.63, 3.8) is 0 Å². The second kappa shape index (κ2) is 3.07. The maximum absolute atomic E-state index is 11.0. The first-order valence-corrected chi connectivity index (χ1v) is 3.16. The van der Waals surface area contributed by atoms with Crippen molar-refractivity contribution in [3.8, 4) is 0 Å². The predicted molar refractivity (Wildman–Crippen MR) is 37.6 cm³/mol. The van der Waals surface area contributed by atoms with E-state index in [1.807, 2.05) is 0 Å². The Balaban J connectivity index is 2.82. The zero-order valence-corrected chi connectivity index (χ0v) is 5.97. The van der Waals surface area contributed by atoms with Crippen molar-refractivity contribution < 1.29 is 9.53 Å². The molecule has 0 bridgehead atoms. The Bertz CT molecular complexity index is 242. The molecule has 5 nitrogen and oxygen atoms in total. The fourth-order valence-electron chi connectivity index (χ4n) is 0.841. The summed E-state index contributed by atoms with van der Waals surface area (Å²) in [6.07, 6.45) is 2.22. The summed E-state index contributed by atoms with van der Waals surface area (Å²) in [5.41, 5.74) is 8.08. The van der Waals surface area contributed by atoms with E-state index < -0.39 is 6.04 Å². The first-order chi connectivity index (χ1) is 5.25. The van der Waals surface area contributed by atoms with Crippen LogP contribution in [0.25, 0.3) is 10.4 Å². The summed E-state index contributed by atoms with van der Waals surface area (Å²) in [5, 5.41) is 3.30. The van der Waals surface area contributed by atoms with E-state index in [0.717, 1.165) is 0 Å². The molecule has 58 valence electrons. The van der Waals surface area contributed by atoms with Crippen molar-refractivity contribution in [2.75, 3.05) is 0 Å². The summed E-state index contributed by atoms with van der Waals surface area (Å²) in [6, 6.07) is -0.704. The molecule has 0 amide bonds. The molecular formula is C6H7N3O2. The number of hydrogen-bond acceptors (Lipinski definition) is 3. The smallest absolute Gasteiger partial charge is 0.171 e. The van der Waals surface area contributed by atoms with E-state index in [0.29, 0.717) is 0 Å². The molecule has 0 N–H and O–H groups in total. The minimum absolute atomic E-state index is 0.207. The Kier molecular flexibility index (Phi) is 2.13. The second-order valence-corrected chi connectivity index (χ2v) is 2.20. The molecule has 0 aromatic carbocycles. The van der Waals surface area contributed by atoms with E-state index in [1.54, 1.807) is 6.92 Å². The molecule has 11 heavy (non-hydrogen) atoms. The summed E-state index contributed by atoms with van der Waals surface area (Å²) < 4.78 is 4.95. The third-order valence-corrected chi connectivity index (χ3v) is 1.44. The van der Waals surface area contributed by atoms with Gasteiger partial charge in [0.25, 0.3) is 0 Å². The monoisotopic (exact) mass is 153 g/mol. The molecule has 0 saturated heterocycles. The molecular weight excluding hydrogens is 146 g/mol. The van der Waals surface area contributed by atoms with Crippen molar-refractivity contribution in [3.05, 3.63) is 22.8 Å². The standard InChI is InChI=1S/C6H7N3O2/c1-4-6(8-9-7)5(10)2-3-11-4/h2-4,6H,1H3/t4-,6+/m0/s1. The minimum atomic E-state index is -0.704. The molecule has 1 heterocycles. The second-order valence-electron chi connectivity index (χ2n) is 2.20. The van der Waals surface area contributed by atoms with Gasteiger partial charge >= 0.3 is 0 Å². The Morgan fingerprint density at radius 1 is 1.82 bits per heavy atom. The van der Waals surface area contributed by atoms with E-state index in [-0.39, 0.29) is 11.9 Å². The van der Waals surface area contributed by atoms with Gasteiger partial charge in [0.05, 0.1) is 6.26 Å². The molecule has 0 fully saturated rings. The van der Waals surface area contributed by atoms with Crippen LogP contribution >= 0.6 is 0 Å². The SMILES string of the molecule is C[C@@H]1OC=CC(=O)[C@@H]1N=[N+]=[N-]. The fraction of sp³-hybridized carbons (Fsp3) is 0.500. The van der Waals surface area contributed by atoms with Crippen LogP contribution in [0.2, 0.25) is 0 Å². The van der Waals surface area contributed by atoms with E-state index in [4.69, 9.17) is 10.3 Å². The van der Waals surface area contributed by atoms with Crippen molar-refractivity contribution in [2.45, 2.75) is 19.1 Å². The van der Waals surface area contributed by atoms with Crippen LogP contribution in [0.15, 0.2) is 17.5 Å². The van der Waals surface area contributed by atoms with Crippen molar-refractivity contribution in [2.24, 2.45) is 5.11 Å². The molecule has 0 aromatic heterocycles. The van der Waals surface area contributed by atoms with Crippen LogP contribution in [0, 0.1) is 0 Å². The summed E-state index contributed by atoms with van der Waals surface area (Å²) >= 11 is 0. The summed E-state index contributed by atoms with van der Waals surface area (Å²) in [5.74, 6) is -0.207. The van der Waals surface area contributed by atoms with Gasteiger partial charge in [-0.3, -0.25) is 4.79 Å². The first kappa shape index (κ1) is 7.63. The Hall–Kier alpha value is -1.48. The maximum atomic E-state index is 11.0. The average molecular weight is 153 g/mol. The molecule has 0 aromatic rings. The van der Waals surface area contributed by atoms with Crippen molar-refractivity contribution in [1.82, 2.24) is 0 Å². The number of azide groups is 1. The number of rotatable bonds is 1. The van der Waals surface area contributed by atoms with Gasteiger partial charge in [0.1, 0.15) is 12.1 Å². The largest absolute Gasteiger partial charge is 0.497 e. The van der Waals surface area contributed by atoms with Crippen molar-refractivity contribution >= 4 is 5.78 Å². The number of carbonyl (C=O) groups excluding carboxylic acids is 1. The molecule has 1 aliphatic rings. The van der Waals surface area contributed by atoms with Crippen LogP contribution < -0.4 is 0 Å². The first-order valence-electron chi connectivity index (χ1n) is 3.16. The lowest BCUT2D eigenvalue weighted by atomic mass is 10.1. The Labute approximate surface area is 63.3 Å². The maximum Gasteiger partial charge on any atom is 0.171 e. The number of ether oxygens (including phenoxy) is 1. The van der Waals surface area contributed by atoms with Gasteiger partial charge in [-0.1, -0.05) is 5.11 Å². The van der Waals surface area contributed by atoms with E-state index in [1.165, 1.54) is 12.3 Å². The highest BCUT2D eigenvalue weighted by Gasteiger charge is 2.25. The molecule has 0 radical (unpaired) electrons. The quantitative estimate of drug-likeness (QED) is 0.322. The Morgan fingerprint density at radius 2 is 2.55 bits per heavy atom. The minimum Gasteiger partial charge on any atom is -0.497 e. The lowest BCUT2D eigenvalue weighted by molar-refractivity contribution is -0.119. The molecule has 2 atom stereocenters. The van der Waals surface area contributed by atoms with Gasteiger partial charge in [0, 0.05) is 11.0 Å². The van der Waals surface area contributed by atoms with Gasteiger partial charge in [0.2, 0.25) is 0 Å². The normalized spacial score (nSPS) is 29.0. The number of ketones is 1. The highest BCUT2D eigenvalue weighted by molar-refractivity contribution is 5.95. The molecule has 0 spiro atoms. The number of nitrogens with zero attached hydrogens (tertiary/aromatic N) is 3. The number of hydrogen-bond donors (Lipinski definition) is 0. The molecule has 5 heteroatoms. The molecule has 1 rings (SSSR count). The van der Waals surface area contributed by atoms with Crippen LogP contribution in [0.3, 0.4) is 0 Å². The molecule has 1 aliphatic heterocycles. The van der Waals surface area contributed by atoms with Gasteiger partial charge in [0.15, 0.2) is 5.78 Å². The van der Waals surface area contributed by atoms with Gasteiger partial charge in [-0.15, -0.1) is 0 Å². The van der Waals surface area contributed by atoms with E-state index >= 15 is 0 Å². The molecule has 0 unspecified atom stereocenters. The third-order valence-electron chi connectivity index (χ3n) is 1.44. The van der Waals surface area contributed by atoms with Crippen LogP contribution in [-0.4, -0.2) is 17.9 Å². The van der Waals surface area contributed by atoms with Crippen molar-refractivity contribution in [1.29, 1.82) is 0 Å². The summed E-state index contributed by atoms with van der Waals surface area (Å²) in [7, 11) is 0. The zero-order valence-electron chi connectivity index (χ0n) is 5.97. The summed E-state index contributed by atoms with van der Waals surface area (Å²) in [4.78, 5) is 13.5. The van der Waals surface area contributed by atoms with Crippen LogP contribution in [0.4, 0.5) is 0 Å². The zero-order chi connectivity index (χ0) is 8.27. The van der Waals surface area contributed by atoms with Gasteiger partial charge in [-0.2, -0.15) is 0 Å². The number of carbonyl (C=O) groups is 1. The fourth-order valence-corrected chi connectivity index (χ4v) is 0.841. The van der Waals surface area contributed by atoms with Gasteiger partial charge < -0.3 is 4.74 Å². The molecule has 0 saturated carbocycles.